The van der Waals surface area contributed by atoms with Gasteiger partial charge in [-0.1, -0.05) is 35.5 Å². The Labute approximate surface area is 167 Å². The zero-order chi connectivity index (χ0) is 19.8. The summed E-state index contributed by atoms with van der Waals surface area (Å²) in [6, 6.07) is 7.54. The van der Waals surface area contributed by atoms with Crippen LogP contribution in [0.15, 0.2) is 51.9 Å². The molecule has 5 nitrogen and oxygen atoms in total. The first-order valence-electron chi connectivity index (χ1n) is 9.50. The largest absolute Gasteiger partial charge is 0.355 e. The van der Waals surface area contributed by atoms with Crippen molar-refractivity contribution in [2.45, 2.75) is 49.4 Å². The van der Waals surface area contributed by atoms with Crippen molar-refractivity contribution >= 4 is 17.7 Å². The van der Waals surface area contributed by atoms with Gasteiger partial charge < -0.3 is 10.3 Å². The Hall–Kier alpha value is -2.41. The van der Waals surface area contributed by atoms with Crippen molar-refractivity contribution in [1.82, 2.24) is 15.3 Å². The van der Waals surface area contributed by atoms with Gasteiger partial charge in [-0.25, -0.2) is 9.37 Å². The monoisotopic (exact) mass is 401 g/mol. The van der Waals surface area contributed by atoms with Gasteiger partial charge in [0.1, 0.15) is 5.82 Å². The van der Waals surface area contributed by atoms with Crippen molar-refractivity contribution in [1.29, 1.82) is 0 Å². The minimum Gasteiger partial charge on any atom is -0.355 e. The van der Waals surface area contributed by atoms with Crippen LogP contribution in [0.25, 0.3) is 0 Å². The summed E-state index contributed by atoms with van der Waals surface area (Å²) in [5.41, 5.74) is 2.50. The van der Waals surface area contributed by atoms with Crippen LogP contribution < -0.4 is 10.9 Å². The normalized spacial score (nSPS) is 13.8. The third-order valence-corrected chi connectivity index (χ3v) is 5.50. The number of amides is 1. The molecule has 3 rings (SSSR count). The molecule has 1 aliphatic rings. The summed E-state index contributed by atoms with van der Waals surface area (Å²) in [6.45, 7) is 0.611. The number of aromatic nitrogens is 2. The number of rotatable bonds is 8. The number of hydrogen-bond donors (Lipinski definition) is 2. The number of halogens is 1. The number of hydrogen-bond acceptors (Lipinski definition) is 4. The quantitative estimate of drug-likeness (QED) is 0.401. The highest BCUT2D eigenvalue weighted by molar-refractivity contribution is 7.98. The van der Waals surface area contributed by atoms with Crippen LogP contribution in [0.1, 0.15) is 43.4 Å². The minimum atomic E-state index is -0.285. The van der Waals surface area contributed by atoms with Gasteiger partial charge in [0.25, 0.3) is 5.56 Å². The lowest BCUT2D eigenvalue weighted by Gasteiger charge is -2.12. The molecular weight excluding hydrogens is 377 g/mol. The van der Waals surface area contributed by atoms with E-state index >= 15 is 0 Å². The van der Waals surface area contributed by atoms with Gasteiger partial charge in [-0.05, 0) is 49.8 Å². The summed E-state index contributed by atoms with van der Waals surface area (Å²) in [7, 11) is 0. The Bertz CT molecular complexity index is 893. The molecule has 148 valence electrons. The second kappa shape index (κ2) is 10.2. The smallest absolute Gasteiger partial charge is 0.251 e. The zero-order valence-corrected chi connectivity index (χ0v) is 16.5. The van der Waals surface area contributed by atoms with E-state index in [1.54, 1.807) is 12.1 Å². The van der Waals surface area contributed by atoms with E-state index in [9.17, 15) is 14.0 Å². The number of carbonyl (C=O) groups excluding carboxylic acids is 1. The van der Waals surface area contributed by atoms with Gasteiger partial charge in [0.15, 0.2) is 5.16 Å². The lowest BCUT2D eigenvalue weighted by atomic mass is 9.97. The molecule has 2 aromatic rings. The van der Waals surface area contributed by atoms with Crippen LogP contribution in [0.2, 0.25) is 0 Å². The molecule has 1 amide bonds. The van der Waals surface area contributed by atoms with Gasteiger partial charge in [-0.15, -0.1) is 0 Å². The van der Waals surface area contributed by atoms with Gasteiger partial charge in [0.05, 0.1) is 12.1 Å². The third-order valence-electron chi connectivity index (χ3n) is 4.56. The molecule has 28 heavy (non-hydrogen) atoms. The van der Waals surface area contributed by atoms with Crippen LogP contribution in [-0.4, -0.2) is 22.4 Å². The van der Waals surface area contributed by atoms with Gasteiger partial charge in [-0.3, -0.25) is 9.59 Å². The maximum Gasteiger partial charge on any atom is 0.251 e. The van der Waals surface area contributed by atoms with E-state index in [1.807, 2.05) is 0 Å². The number of nitrogens with zero attached hydrogens (tertiary/aromatic N) is 1. The predicted octanol–water partition coefficient (Wildman–Crippen LogP) is 3.75. The number of nitrogens with one attached hydrogen (secondary N) is 2. The number of H-pyrrole nitrogens is 1. The van der Waals surface area contributed by atoms with E-state index in [-0.39, 0.29) is 23.7 Å². The van der Waals surface area contributed by atoms with Crippen LogP contribution in [0.5, 0.6) is 0 Å². The number of benzene rings is 1. The molecule has 0 unspecified atom stereocenters. The van der Waals surface area contributed by atoms with E-state index in [1.165, 1.54) is 48.4 Å². The van der Waals surface area contributed by atoms with Crippen LogP contribution in [0, 0.1) is 5.82 Å². The molecule has 1 heterocycles. The lowest BCUT2D eigenvalue weighted by Crippen LogP contribution is -2.27. The Kier molecular flexibility index (Phi) is 7.42. The Morgan fingerprint density at radius 2 is 2.07 bits per heavy atom. The van der Waals surface area contributed by atoms with Crippen LogP contribution in [0.3, 0.4) is 0 Å². The SMILES string of the molecule is O=C(Cc1cc(=O)[nH]c(SCc2ccc(F)cc2)n1)NCCC1=CCCCC1. The molecule has 1 aromatic heterocycles. The maximum atomic E-state index is 13.0. The summed E-state index contributed by atoms with van der Waals surface area (Å²) in [5.74, 6) is 0.130. The number of carbonyl (C=O) groups is 1. The molecule has 0 atom stereocenters. The Morgan fingerprint density at radius 1 is 1.25 bits per heavy atom. The van der Waals surface area contributed by atoms with Crippen LogP contribution >= 0.6 is 11.8 Å². The van der Waals surface area contributed by atoms with E-state index in [4.69, 9.17) is 0 Å². The molecule has 0 bridgehead atoms. The van der Waals surface area contributed by atoms with Gasteiger partial charge in [0, 0.05) is 18.4 Å². The molecule has 0 aliphatic heterocycles. The van der Waals surface area contributed by atoms with Crippen molar-refractivity contribution in [2.24, 2.45) is 0 Å². The summed E-state index contributed by atoms with van der Waals surface area (Å²) in [4.78, 5) is 31.1. The van der Waals surface area contributed by atoms with Crippen LogP contribution in [0.4, 0.5) is 4.39 Å². The first-order chi connectivity index (χ1) is 13.6. The highest BCUT2D eigenvalue weighted by Crippen LogP contribution is 2.20. The van der Waals surface area contributed by atoms with Crippen molar-refractivity contribution in [2.75, 3.05) is 6.54 Å². The first-order valence-corrected chi connectivity index (χ1v) is 10.5. The maximum absolute atomic E-state index is 13.0. The highest BCUT2D eigenvalue weighted by Gasteiger charge is 2.09. The predicted molar refractivity (Wildman–Crippen MR) is 109 cm³/mol. The fourth-order valence-electron chi connectivity index (χ4n) is 3.10. The highest BCUT2D eigenvalue weighted by atomic mass is 32.2. The average molecular weight is 402 g/mol. The summed E-state index contributed by atoms with van der Waals surface area (Å²) in [6.07, 6.45) is 7.98. The molecule has 0 radical (unpaired) electrons. The third kappa shape index (κ3) is 6.64. The number of aromatic amines is 1. The second-order valence-corrected chi connectivity index (χ2v) is 7.81. The van der Waals surface area contributed by atoms with Gasteiger partial charge in [-0.2, -0.15) is 0 Å². The van der Waals surface area contributed by atoms with Crippen molar-refractivity contribution < 1.29 is 9.18 Å². The number of allylic oxidation sites excluding steroid dienone is 1. The molecule has 1 aromatic carbocycles. The molecule has 0 spiro atoms. The molecule has 2 N–H and O–H groups in total. The molecule has 0 fully saturated rings. The summed E-state index contributed by atoms with van der Waals surface area (Å²) >= 11 is 1.34. The molecule has 0 saturated carbocycles. The van der Waals surface area contributed by atoms with Crippen molar-refractivity contribution in [3.63, 3.8) is 0 Å². The molecule has 1 aliphatic carbocycles. The van der Waals surface area contributed by atoms with E-state index in [2.05, 4.69) is 21.4 Å². The van der Waals surface area contributed by atoms with E-state index in [0.29, 0.717) is 23.1 Å². The lowest BCUT2D eigenvalue weighted by molar-refractivity contribution is -0.120. The minimum absolute atomic E-state index is 0.0765. The molecule has 7 heteroatoms. The second-order valence-electron chi connectivity index (χ2n) is 6.84. The molecular formula is C21H24FN3O2S. The Balaban J connectivity index is 1.50. The van der Waals surface area contributed by atoms with E-state index in [0.717, 1.165) is 24.8 Å². The van der Waals surface area contributed by atoms with E-state index < -0.39 is 0 Å². The standard InChI is InChI=1S/C21H24FN3O2S/c22-17-8-6-16(7-9-17)14-28-21-24-18(13-20(27)25-21)12-19(26)23-11-10-15-4-2-1-3-5-15/h4,6-9,13H,1-3,5,10-12,14H2,(H,23,26)(H,24,25,27). The van der Waals surface area contributed by atoms with Crippen molar-refractivity contribution in [3.05, 3.63) is 69.4 Å². The summed E-state index contributed by atoms with van der Waals surface area (Å²) in [5, 5.41) is 3.36. The zero-order valence-electron chi connectivity index (χ0n) is 15.7. The summed E-state index contributed by atoms with van der Waals surface area (Å²) < 4.78 is 13.0. The molecule has 0 saturated heterocycles. The fraction of sp³-hybridized carbons (Fsp3) is 0.381. The first kappa shape index (κ1) is 20.3. The van der Waals surface area contributed by atoms with Crippen LogP contribution in [-0.2, 0) is 17.0 Å². The van der Waals surface area contributed by atoms with Crippen molar-refractivity contribution in [3.8, 4) is 0 Å². The average Bonchev–Trinajstić information content (AvgIpc) is 2.68. The topological polar surface area (TPSA) is 74.8 Å². The van der Waals surface area contributed by atoms with Gasteiger partial charge >= 0.3 is 0 Å². The van der Waals surface area contributed by atoms with Gasteiger partial charge in [0.2, 0.25) is 5.91 Å². The number of thioether (sulfide) groups is 1. The fourth-order valence-corrected chi connectivity index (χ4v) is 3.95. The Morgan fingerprint density at radius 3 is 2.82 bits per heavy atom.